The van der Waals surface area contributed by atoms with Crippen molar-refractivity contribution in [3.63, 3.8) is 0 Å². The Hall–Kier alpha value is -5.92. The van der Waals surface area contributed by atoms with Crippen molar-refractivity contribution in [2.45, 2.75) is 43.9 Å². The van der Waals surface area contributed by atoms with Crippen LogP contribution in [0.1, 0.15) is 49.7 Å². The second-order valence-corrected chi connectivity index (χ2v) is 14.5. The summed E-state index contributed by atoms with van der Waals surface area (Å²) in [6.07, 6.45) is 7.60. The van der Waals surface area contributed by atoms with Gasteiger partial charge in [-0.25, -0.2) is 0 Å². The highest BCUT2D eigenvalue weighted by Crippen LogP contribution is 2.45. The van der Waals surface area contributed by atoms with Gasteiger partial charge in [0.25, 0.3) is 0 Å². The molecule has 8 aromatic carbocycles. The number of hydrogen-bond donors (Lipinski definition) is 0. The molecule has 0 aromatic heterocycles. The molecule has 1 saturated carbocycles. The summed E-state index contributed by atoms with van der Waals surface area (Å²) in [5, 5.41) is 5.06. The number of nitrogens with zero attached hydrogens (tertiary/aromatic N) is 1. The van der Waals surface area contributed by atoms with Crippen LogP contribution in [0.25, 0.3) is 43.8 Å². The summed E-state index contributed by atoms with van der Waals surface area (Å²) < 4.78 is 0. The lowest BCUT2D eigenvalue weighted by Crippen LogP contribution is -2.27. The predicted octanol–water partition coefficient (Wildman–Crippen LogP) is 14.4. The molecule has 1 heteroatoms. The van der Waals surface area contributed by atoms with E-state index in [4.69, 9.17) is 0 Å². The first kappa shape index (κ1) is 32.0. The van der Waals surface area contributed by atoms with E-state index in [2.05, 4.69) is 193 Å². The first-order chi connectivity index (χ1) is 25.7. The van der Waals surface area contributed by atoms with Gasteiger partial charge in [-0.15, -0.1) is 0 Å². The van der Waals surface area contributed by atoms with E-state index in [0.717, 1.165) is 17.1 Å². The van der Waals surface area contributed by atoms with Crippen LogP contribution in [0.15, 0.2) is 188 Å². The van der Waals surface area contributed by atoms with Crippen LogP contribution in [-0.4, -0.2) is 0 Å². The van der Waals surface area contributed by atoms with Gasteiger partial charge >= 0.3 is 0 Å². The normalized spacial score (nSPS) is 14.2. The molecule has 9 rings (SSSR count). The van der Waals surface area contributed by atoms with Crippen molar-refractivity contribution in [2.24, 2.45) is 0 Å². The smallest absolute Gasteiger partial charge is 0.0462 e. The molecule has 0 radical (unpaired) electrons. The molecule has 52 heavy (non-hydrogen) atoms. The lowest BCUT2D eigenvalue weighted by molar-refractivity contribution is 0.446. The Morgan fingerprint density at radius 3 is 1.17 bits per heavy atom. The zero-order chi connectivity index (χ0) is 34.7. The standard InChI is InChI=1S/C51H43N/c1-2-11-35-51(34-10-1,46-16-4-3-5-17-46)47-26-32-50(33-27-47)52(48-28-22-40(23-29-48)44-20-18-38-12-6-8-14-42(38)36-44)49-30-24-41(25-31-49)45-21-19-39-13-7-9-15-43(39)37-45/h3-9,12-33,36-37H,1-2,10-11,34-35H2. The van der Waals surface area contributed by atoms with Gasteiger partial charge in [-0.1, -0.05) is 165 Å². The minimum absolute atomic E-state index is 0.0597. The third-order valence-corrected chi connectivity index (χ3v) is 11.4. The Morgan fingerprint density at radius 2 is 0.692 bits per heavy atom. The van der Waals surface area contributed by atoms with Crippen LogP contribution >= 0.6 is 0 Å². The number of anilines is 3. The molecule has 0 atom stereocenters. The van der Waals surface area contributed by atoms with Crippen molar-refractivity contribution in [1.82, 2.24) is 0 Å². The summed E-state index contributed by atoms with van der Waals surface area (Å²) in [6.45, 7) is 0. The highest BCUT2D eigenvalue weighted by Gasteiger charge is 2.34. The van der Waals surface area contributed by atoms with Crippen molar-refractivity contribution in [2.75, 3.05) is 4.90 Å². The Kier molecular flexibility index (Phi) is 8.62. The monoisotopic (exact) mass is 669 g/mol. The summed E-state index contributed by atoms with van der Waals surface area (Å²) in [5.41, 5.74) is 11.3. The summed E-state index contributed by atoms with van der Waals surface area (Å²) in [6, 6.07) is 69.6. The van der Waals surface area contributed by atoms with E-state index in [9.17, 15) is 0 Å². The van der Waals surface area contributed by atoms with Crippen LogP contribution in [0.5, 0.6) is 0 Å². The first-order valence-electron chi connectivity index (χ1n) is 18.9. The lowest BCUT2D eigenvalue weighted by atomic mass is 9.69. The first-order valence-corrected chi connectivity index (χ1v) is 18.9. The molecule has 0 saturated heterocycles. The van der Waals surface area contributed by atoms with E-state index in [-0.39, 0.29) is 5.41 Å². The molecule has 0 unspecified atom stereocenters. The molecule has 0 aliphatic heterocycles. The van der Waals surface area contributed by atoms with E-state index < -0.39 is 0 Å². The molecular formula is C51H43N. The maximum Gasteiger partial charge on any atom is 0.0462 e. The summed E-state index contributed by atoms with van der Waals surface area (Å²) in [7, 11) is 0. The van der Waals surface area contributed by atoms with Crippen LogP contribution < -0.4 is 4.90 Å². The third kappa shape index (κ3) is 6.18. The molecule has 0 amide bonds. The highest BCUT2D eigenvalue weighted by atomic mass is 15.1. The van der Waals surface area contributed by atoms with Gasteiger partial charge in [-0.3, -0.25) is 0 Å². The van der Waals surface area contributed by atoms with Crippen molar-refractivity contribution in [1.29, 1.82) is 0 Å². The average molecular weight is 670 g/mol. The van der Waals surface area contributed by atoms with Gasteiger partial charge in [-0.05, 0) is 116 Å². The Labute approximate surface area is 307 Å². The maximum absolute atomic E-state index is 2.41. The molecule has 252 valence electrons. The molecule has 1 aliphatic carbocycles. The SMILES string of the molecule is c1ccc(C2(c3ccc(N(c4ccc(-c5ccc6ccccc6c5)cc4)c4ccc(-c5ccc6ccccc6c5)cc4)cc3)CCCCCC2)cc1. The van der Waals surface area contributed by atoms with Gasteiger partial charge in [0, 0.05) is 22.5 Å². The van der Waals surface area contributed by atoms with Crippen molar-refractivity contribution in [3.8, 4) is 22.3 Å². The minimum atomic E-state index is 0.0597. The maximum atomic E-state index is 2.41. The fourth-order valence-electron chi connectivity index (χ4n) is 8.55. The lowest BCUT2D eigenvalue weighted by Gasteiger charge is -2.35. The van der Waals surface area contributed by atoms with Gasteiger partial charge in [0.05, 0.1) is 0 Å². The second-order valence-electron chi connectivity index (χ2n) is 14.5. The number of hydrogen-bond acceptors (Lipinski definition) is 1. The Morgan fingerprint density at radius 1 is 0.308 bits per heavy atom. The number of benzene rings is 8. The van der Waals surface area contributed by atoms with Crippen molar-refractivity contribution < 1.29 is 0 Å². The zero-order valence-electron chi connectivity index (χ0n) is 29.6. The van der Waals surface area contributed by atoms with Crippen molar-refractivity contribution >= 4 is 38.6 Å². The quantitative estimate of drug-likeness (QED) is 0.153. The van der Waals surface area contributed by atoms with Gasteiger partial charge in [0.15, 0.2) is 0 Å². The molecule has 1 fully saturated rings. The minimum Gasteiger partial charge on any atom is -0.311 e. The van der Waals surface area contributed by atoms with Gasteiger partial charge in [0.1, 0.15) is 0 Å². The van der Waals surface area contributed by atoms with E-state index in [1.165, 1.54) is 93.5 Å². The highest BCUT2D eigenvalue weighted by molar-refractivity contribution is 5.89. The van der Waals surface area contributed by atoms with E-state index in [0.29, 0.717) is 0 Å². The fraction of sp³-hybridized carbons (Fsp3) is 0.137. The molecule has 8 aromatic rings. The number of rotatable bonds is 7. The largest absolute Gasteiger partial charge is 0.311 e. The summed E-state index contributed by atoms with van der Waals surface area (Å²) in [4.78, 5) is 2.40. The molecule has 0 N–H and O–H groups in total. The van der Waals surface area contributed by atoms with Crippen molar-refractivity contribution in [3.05, 3.63) is 199 Å². The molecular weight excluding hydrogens is 627 g/mol. The zero-order valence-corrected chi connectivity index (χ0v) is 29.6. The second kappa shape index (κ2) is 14.0. The average Bonchev–Trinajstić information content (AvgIpc) is 3.49. The van der Waals surface area contributed by atoms with Crippen LogP contribution in [0, 0.1) is 0 Å². The third-order valence-electron chi connectivity index (χ3n) is 11.4. The van der Waals surface area contributed by atoms with Crippen LogP contribution in [0.4, 0.5) is 17.1 Å². The molecule has 0 heterocycles. The number of fused-ring (bicyclic) bond motifs is 2. The molecule has 1 nitrogen and oxygen atoms in total. The Bertz CT molecular complexity index is 2310. The molecule has 1 aliphatic rings. The van der Waals surface area contributed by atoms with Crippen LogP contribution in [0.2, 0.25) is 0 Å². The van der Waals surface area contributed by atoms with E-state index in [1.54, 1.807) is 0 Å². The fourth-order valence-corrected chi connectivity index (χ4v) is 8.55. The molecule has 0 bridgehead atoms. The predicted molar refractivity (Wildman–Crippen MR) is 222 cm³/mol. The van der Waals surface area contributed by atoms with E-state index >= 15 is 0 Å². The van der Waals surface area contributed by atoms with Gasteiger partial charge in [0.2, 0.25) is 0 Å². The van der Waals surface area contributed by atoms with Crippen LogP contribution in [-0.2, 0) is 5.41 Å². The Balaban J connectivity index is 1.10. The van der Waals surface area contributed by atoms with Gasteiger partial charge in [-0.2, -0.15) is 0 Å². The summed E-state index contributed by atoms with van der Waals surface area (Å²) in [5.74, 6) is 0. The summed E-state index contributed by atoms with van der Waals surface area (Å²) >= 11 is 0. The van der Waals surface area contributed by atoms with Crippen LogP contribution in [0.3, 0.4) is 0 Å². The molecule has 0 spiro atoms. The van der Waals surface area contributed by atoms with E-state index in [1.807, 2.05) is 0 Å². The topological polar surface area (TPSA) is 3.24 Å². The van der Waals surface area contributed by atoms with Gasteiger partial charge < -0.3 is 4.90 Å².